The first-order chi connectivity index (χ1) is 8.60. The van der Waals surface area contributed by atoms with Gasteiger partial charge in [0, 0.05) is 0 Å². The number of allylic oxidation sites excluding steroid dienone is 1. The van der Waals surface area contributed by atoms with Crippen LogP contribution in [-0.2, 0) is 14.3 Å². The molecule has 0 saturated heterocycles. The van der Waals surface area contributed by atoms with Crippen molar-refractivity contribution in [1.82, 2.24) is 5.32 Å². The summed E-state index contributed by atoms with van der Waals surface area (Å²) in [6.45, 7) is 7.53. The number of nitrogens with one attached hydrogen (secondary N) is 1. The number of hydrogen-bond acceptors (Lipinski definition) is 3. The lowest BCUT2D eigenvalue weighted by Crippen LogP contribution is -2.29. The second-order valence-corrected chi connectivity index (χ2v) is 3.76. The van der Waals surface area contributed by atoms with Gasteiger partial charge in [0.1, 0.15) is 0 Å². The van der Waals surface area contributed by atoms with Gasteiger partial charge in [0.25, 0.3) is 0 Å². The molecule has 4 nitrogen and oxygen atoms in total. The molecule has 0 aromatic carbocycles. The second kappa shape index (κ2) is 9.22. The van der Waals surface area contributed by atoms with E-state index in [1.54, 1.807) is 12.2 Å². The zero-order valence-corrected chi connectivity index (χ0v) is 11.2. The first-order valence-electron chi connectivity index (χ1n) is 5.91. The summed E-state index contributed by atoms with van der Waals surface area (Å²) in [5, 5.41) is 2.76. The maximum atomic E-state index is 11.2. The fourth-order valence-electron chi connectivity index (χ4n) is 1.53. The van der Waals surface area contributed by atoms with Crippen LogP contribution >= 0.6 is 0 Å². The minimum Gasteiger partial charge on any atom is -0.465 e. The Morgan fingerprint density at radius 3 is 2.56 bits per heavy atom. The van der Waals surface area contributed by atoms with Crippen molar-refractivity contribution in [2.24, 2.45) is 0 Å². The minimum atomic E-state index is -0.461. The van der Waals surface area contributed by atoms with Gasteiger partial charge >= 0.3 is 5.97 Å². The predicted molar refractivity (Wildman–Crippen MR) is 71.9 cm³/mol. The van der Waals surface area contributed by atoms with E-state index in [0.29, 0.717) is 6.41 Å². The van der Waals surface area contributed by atoms with Gasteiger partial charge in [0.2, 0.25) is 6.41 Å². The maximum absolute atomic E-state index is 11.2. The van der Waals surface area contributed by atoms with Crippen LogP contribution in [0.5, 0.6) is 0 Å². The number of methoxy groups -OCH3 is 1. The molecule has 0 aliphatic rings. The van der Waals surface area contributed by atoms with Crippen LogP contribution in [0.25, 0.3) is 0 Å². The molecule has 0 fully saturated rings. The SMILES string of the molecule is C=C(/C=C\C(=C/C)C(CCC)NC=O)C(=O)OC. The Hall–Kier alpha value is -1.84. The first kappa shape index (κ1) is 16.2. The normalized spacial score (nSPS) is 13.2. The lowest BCUT2D eigenvalue weighted by Gasteiger charge is -2.16. The molecule has 0 aromatic heterocycles. The van der Waals surface area contributed by atoms with Gasteiger partial charge in [0.15, 0.2) is 0 Å². The molecule has 100 valence electrons. The summed E-state index contributed by atoms with van der Waals surface area (Å²) in [5.41, 5.74) is 1.22. The summed E-state index contributed by atoms with van der Waals surface area (Å²) in [5.74, 6) is -0.461. The van der Waals surface area contributed by atoms with Crippen molar-refractivity contribution in [1.29, 1.82) is 0 Å². The zero-order chi connectivity index (χ0) is 14.0. The fourth-order valence-corrected chi connectivity index (χ4v) is 1.53. The highest BCUT2D eigenvalue weighted by atomic mass is 16.5. The van der Waals surface area contributed by atoms with E-state index in [1.165, 1.54) is 7.11 Å². The number of hydrogen-bond donors (Lipinski definition) is 1. The zero-order valence-electron chi connectivity index (χ0n) is 11.2. The highest BCUT2D eigenvalue weighted by molar-refractivity contribution is 5.90. The summed E-state index contributed by atoms with van der Waals surface area (Å²) < 4.78 is 4.55. The molecule has 4 heteroatoms. The summed E-state index contributed by atoms with van der Waals surface area (Å²) >= 11 is 0. The van der Waals surface area contributed by atoms with E-state index in [9.17, 15) is 9.59 Å². The Kier molecular flexibility index (Phi) is 8.27. The van der Waals surface area contributed by atoms with E-state index in [4.69, 9.17) is 0 Å². The molecule has 18 heavy (non-hydrogen) atoms. The van der Waals surface area contributed by atoms with Crippen molar-refractivity contribution in [3.05, 3.63) is 36.0 Å². The number of carbonyl (C=O) groups is 2. The molecule has 0 radical (unpaired) electrons. The topological polar surface area (TPSA) is 55.4 Å². The summed E-state index contributed by atoms with van der Waals surface area (Å²) in [4.78, 5) is 21.7. The molecule has 0 aromatic rings. The second-order valence-electron chi connectivity index (χ2n) is 3.76. The maximum Gasteiger partial charge on any atom is 0.337 e. The van der Waals surface area contributed by atoms with Gasteiger partial charge in [0.05, 0.1) is 18.7 Å². The van der Waals surface area contributed by atoms with Gasteiger partial charge in [-0.1, -0.05) is 32.1 Å². The number of ether oxygens (including phenoxy) is 1. The van der Waals surface area contributed by atoms with Crippen LogP contribution in [0.15, 0.2) is 36.0 Å². The Morgan fingerprint density at radius 2 is 2.11 bits per heavy atom. The molecule has 1 unspecified atom stereocenters. The van der Waals surface area contributed by atoms with Crippen LogP contribution in [0.2, 0.25) is 0 Å². The van der Waals surface area contributed by atoms with E-state index in [0.717, 1.165) is 18.4 Å². The van der Waals surface area contributed by atoms with Crippen molar-refractivity contribution in [2.45, 2.75) is 32.7 Å². The first-order valence-corrected chi connectivity index (χ1v) is 5.91. The average molecular weight is 251 g/mol. The molecule has 1 N–H and O–H groups in total. The largest absolute Gasteiger partial charge is 0.465 e. The number of esters is 1. The highest BCUT2D eigenvalue weighted by Gasteiger charge is 2.10. The Labute approximate surface area is 108 Å². The monoisotopic (exact) mass is 251 g/mol. The average Bonchev–Trinajstić information content (AvgIpc) is 2.38. The molecule has 0 saturated carbocycles. The third-order valence-electron chi connectivity index (χ3n) is 2.51. The Morgan fingerprint density at radius 1 is 1.44 bits per heavy atom. The number of amides is 1. The smallest absolute Gasteiger partial charge is 0.337 e. The van der Waals surface area contributed by atoms with Crippen molar-refractivity contribution in [3.63, 3.8) is 0 Å². The minimum absolute atomic E-state index is 0.0424. The Balaban J connectivity index is 4.77. The quantitative estimate of drug-likeness (QED) is 0.311. The van der Waals surface area contributed by atoms with E-state index < -0.39 is 5.97 Å². The van der Waals surface area contributed by atoms with Crippen LogP contribution in [0.1, 0.15) is 26.7 Å². The van der Waals surface area contributed by atoms with E-state index in [1.807, 2.05) is 19.9 Å². The highest BCUT2D eigenvalue weighted by Crippen LogP contribution is 2.11. The molecule has 1 amide bonds. The third-order valence-corrected chi connectivity index (χ3v) is 2.51. The van der Waals surface area contributed by atoms with Crippen LogP contribution in [-0.4, -0.2) is 25.5 Å². The van der Waals surface area contributed by atoms with Crippen molar-refractivity contribution >= 4 is 12.4 Å². The summed E-state index contributed by atoms with van der Waals surface area (Å²) in [7, 11) is 1.31. The van der Waals surface area contributed by atoms with E-state index >= 15 is 0 Å². The summed E-state index contributed by atoms with van der Waals surface area (Å²) in [6, 6.07) is -0.0424. The van der Waals surface area contributed by atoms with Crippen LogP contribution in [0.3, 0.4) is 0 Å². The molecule has 0 spiro atoms. The van der Waals surface area contributed by atoms with Gasteiger partial charge in [-0.25, -0.2) is 4.79 Å². The number of carbonyl (C=O) groups excluding carboxylic acids is 2. The molecule has 0 aliphatic heterocycles. The van der Waals surface area contributed by atoms with Gasteiger partial charge in [-0.2, -0.15) is 0 Å². The fraction of sp³-hybridized carbons (Fsp3) is 0.429. The molecule has 0 bridgehead atoms. The van der Waals surface area contributed by atoms with E-state index in [2.05, 4.69) is 16.6 Å². The standard InChI is InChI=1S/C14H21NO3/c1-5-7-13(15-10-16)12(6-2)9-8-11(3)14(17)18-4/h6,8-10,13H,3,5,7H2,1-2,4H3,(H,15,16)/b9-8-,12-6+. The predicted octanol–water partition coefficient (Wildman–Crippen LogP) is 2.13. The Bertz CT molecular complexity index is 356. The molecule has 0 rings (SSSR count). The number of rotatable bonds is 8. The van der Waals surface area contributed by atoms with Gasteiger partial charge in [-0.05, 0) is 25.0 Å². The van der Waals surface area contributed by atoms with Crippen LogP contribution in [0, 0.1) is 0 Å². The molecular formula is C14H21NO3. The van der Waals surface area contributed by atoms with Crippen LogP contribution in [0.4, 0.5) is 0 Å². The van der Waals surface area contributed by atoms with Gasteiger partial charge < -0.3 is 10.1 Å². The summed E-state index contributed by atoms with van der Waals surface area (Å²) in [6.07, 6.45) is 7.75. The molecule has 0 aliphatic carbocycles. The third kappa shape index (κ3) is 5.48. The molecule has 1 atom stereocenters. The van der Waals surface area contributed by atoms with Gasteiger partial charge in [-0.15, -0.1) is 0 Å². The lowest BCUT2D eigenvalue weighted by molar-refractivity contribution is -0.135. The van der Waals surface area contributed by atoms with Crippen LogP contribution < -0.4 is 5.32 Å². The molecular weight excluding hydrogens is 230 g/mol. The van der Waals surface area contributed by atoms with Crippen molar-refractivity contribution < 1.29 is 14.3 Å². The van der Waals surface area contributed by atoms with Crippen molar-refractivity contribution in [2.75, 3.05) is 7.11 Å². The lowest BCUT2D eigenvalue weighted by atomic mass is 10.0. The van der Waals surface area contributed by atoms with Gasteiger partial charge in [-0.3, -0.25) is 4.79 Å². The van der Waals surface area contributed by atoms with Crippen molar-refractivity contribution in [3.8, 4) is 0 Å². The molecule has 0 heterocycles. The van der Waals surface area contributed by atoms with E-state index in [-0.39, 0.29) is 11.6 Å².